The van der Waals surface area contributed by atoms with E-state index in [1.165, 1.54) is 5.56 Å². The van der Waals surface area contributed by atoms with Crippen molar-refractivity contribution >= 4 is 0 Å². The maximum absolute atomic E-state index is 10.9. The number of rotatable bonds is 3. The van der Waals surface area contributed by atoms with Crippen LogP contribution in [0, 0.1) is 27.7 Å². The van der Waals surface area contributed by atoms with Crippen LogP contribution < -0.4 is 0 Å². The van der Waals surface area contributed by atoms with Gasteiger partial charge in [0.25, 0.3) is 0 Å². The summed E-state index contributed by atoms with van der Waals surface area (Å²) >= 11 is 0. The quantitative estimate of drug-likeness (QED) is 0.754. The van der Waals surface area contributed by atoms with Crippen molar-refractivity contribution in [2.24, 2.45) is 0 Å². The van der Waals surface area contributed by atoms with Gasteiger partial charge in [-0.1, -0.05) is 29.8 Å². The Hall–Kier alpha value is -2.39. The van der Waals surface area contributed by atoms with Crippen molar-refractivity contribution in [3.63, 3.8) is 0 Å². The van der Waals surface area contributed by atoms with E-state index in [9.17, 15) is 5.11 Å². The average Bonchev–Trinajstić information content (AvgIpc) is 3.00. The largest absolute Gasteiger partial charge is 0.384 e. The number of aromatic nitrogens is 2. The summed E-state index contributed by atoms with van der Waals surface area (Å²) in [5, 5.41) is 10.9. The van der Waals surface area contributed by atoms with Crippen molar-refractivity contribution in [2.45, 2.75) is 33.8 Å². The number of H-pyrrole nitrogens is 1. The smallest absolute Gasteiger partial charge is 0.137 e. The third kappa shape index (κ3) is 2.92. The van der Waals surface area contributed by atoms with Gasteiger partial charge in [0.05, 0.1) is 0 Å². The van der Waals surface area contributed by atoms with E-state index in [4.69, 9.17) is 0 Å². The Morgan fingerprint density at radius 2 is 1.65 bits per heavy atom. The van der Waals surface area contributed by atoms with Crippen LogP contribution in [-0.4, -0.2) is 15.1 Å². The second kappa shape index (κ2) is 6.01. The second-order valence-corrected chi connectivity index (χ2v) is 6.23. The van der Waals surface area contributed by atoms with E-state index in [0.29, 0.717) is 0 Å². The first-order valence-electron chi connectivity index (χ1n) is 7.83. The molecule has 0 aliphatic rings. The van der Waals surface area contributed by atoms with Crippen LogP contribution in [0.4, 0.5) is 0 Å². The molecule has 1 heterocycles. The summed E-state index contributed by atoms with van der Waals surface area (Å²) in [6.45, 7) is 8.24. The molecule has 3 heteroatoms. The monoisotopic (exact) mass is 306 g/mol. The van der Waals surface area contributed by atoms with E-state index in [1.54, 1.807) is 6.20 Å². The highest BCUT2D eigenvalue weighted by atomic mass is 16.3. The number of aromatic amines is 1. The van der Waals surface area contributed by atoms with Crippen molar-refractivity contribution in [2.75, 3.05) is 0 Å². The number of aliphatic hydroxyl groups excluding tert-OH is 1. The van der Waals surface area contributed by atoms with Crippen LogP contribution in [0.25, 0.3) is 11.4 Å². The topological polar surface area (TPSA) is 48.9 Å². The SMILES string of the molecule is Cc1cc(C)c(C(O)c2ccc(C)c(-c3ncc[nH]3)c2)c(C)c1. The van der Waals surface area contributed by atoms with Crippen LogP contribution in [0.5, 0.6) is 0 Å². The predicted octanol–water partition coefficient (Wildman–Crippen LogP) is 4.39. The molecule has 2 N–H and O–H groups in total. The molecule has 0 saturated heterocycles. The first kappa shape index (κ1) is 15.5. The van der Waals surface area contributed by atoms with Crippen LogP contribution in [-0.2, 0) is 0 Å². The Kier molecular flexibility index (Phi) is 4.05. The fraction of sp³-hybridized carbons (Fsp3) is 0.250. The van der Waals surface area contributed by atoms with E-state index >= 15 is 0 Å². The molecule has 118 valence electrons. The van der Waals surface area contributed by atoms with Gasteiger partial charge >= 0.3 is 0 Å². The first-order chi connectivity index (χ1) is 11.0. The van der Waals surface area contributed by atoms with Crippen molar-refractivity contribution in [3.8, 4) is 11.4 Å². The van der Waals surface area contributed by atoms with Gasteiger partial charge in [0, 0.05) is 18.0 Å². The summed E-state index contributed by atoms with van der Waals surface area (Å²) in [5.74, 6) is 0.828. The number of imidazole rings is 1. The van der Waals surface area contributed by atoms with Crippen LogP contribution in [0.15, 0.2) is 42.7 Å². The van der Waals surface area contributed by atoms with Crippen molar-refractivity contribution < 1.29 is 5.11 Å². The van der Waals surface area contributed by atoms with Gasteiger partial charge in [-0.3, -0.25) is 0 Å². The summed E-state index contributed by atoms with van der Waals surface area (Å²) in [5.41, 5.74) is 7.49. The minimum Gasteiger partial charge on any atom is -0.384 e. The lowest BCUT2D eigenvalue weighted by atomic mass is 9.90. The molecule has 0 spiro atoms. The fourth-order valence-corrected chi connectivity index (χ4v) is 3.27. The molecule has 1 unspecified atom stereocenters. The molecule has 0 bridgehead atoms. The zero-order chi connectivity index (χ0) is 16.6. The van der Waals surface area contributed by atoms with Gasteiger partial charge in [-0.15, -0.1) is 0 Å². The zero-order valence-electron chi connectivity index (χ0n) is 14.0. The lowest BCUT2D eigenvalue weighted by Crippen LogP contribution is -2.06. The zero-order valence-corrected chi connectivity index (χ0v) is 14.0. The molecular formula is C20H22N2O. The van der Waals surface area contributed by atoms with Gasteiger partial charge in [-0.25, -0.2) is 4.98 Å². The first-order valence-corrected chi connectivity index (χ1v) is 7.83. The van der Waals surface area contributed by atoms with Crippen LogP contribution in [0.3, 0.4) is 0 Å². The lowest BCUT2D eigenvalue weighted by molar-refractivity contribution is 0.219. The standard InChI is InChI=1S/C20H22N2O/c1-12-9-14(3)18(15(4)10-12)19(23)16-6-5-13(2)17(11-16)20-21-7-8-22-20/h5-11,19,23H,1-4H3,(H,21,22). The number of nitrogens with one attached hydrogen (secondary N) is 1. The summed E-state index contributed by atoms with van der Waals surface area (Å²) < 4.78 is 0. The highest BCUT2D eigenvalue weighted by Gasteiger charge is 2.17. The highest BCUT2D eigenvalue weighted by molar-refractivity contribution is 5.62. The Labute approximate surface area is 137 Å². The minimum atomic E-state index is -0.634. The Morgan fingerprint density at radius 3 is 2.26 bits per heavy atom. The number of hydrogen-bond donors (Lipinski definition) is 2. The van der Waals surface area contributed by atoms with Gasteiger partial charge in [-0.05, 0) is 61.6 Å². The van der Waals surface area contributed by atoms with Gasteiger partial charge in [0.1, 0.15) is 11.9 Å². The van der Waals surface area contributed by atoms with Gasteiger partial charge in [0.2, 0.25) is 0 Å². The number of aryl methyl sites for hydroxylation is 4. The third-order valence-corrected chi connectivity index (χ3v) is 4.34. The van der Waals surface area contributed by atoms with Crippen molar-refractivity contribution in [3.05, 3.63) is 76.1 Å². The molecule has 23 heavy (non-hydrogen) atoms. The lowest BCUT2D eigenvalue weighted by Gasteiger charge is -2.19. The normalized spacial score (nSPS) is 12.4. The molecular weight excluding hydrogens is 284 g/mol. The second-order valence-electron chi connectivity index (χ2n) is 6.23. The number of benzene rings is 2. The maximum atomic E-state index is 10.9. The summed E-state index contributed by atoms with van der Waals surface area (Å²) in [4.78, 5) is 7.47. The average molecular weight is 306 g/mol. The maximum Gasteiger partial charge on any atom is 0.137 e. The molecule has 3 rings (SSSR count). The number of hydrogen-bond acceptors (Lipinski definition) is 2. The molecule has 1 atom stereocenters. The van der Waals surface area contributed by atoms with E-state index in [2.05, 4.69) is 49.8 Å². The molecule has 3 aromatic rings. The van der Waals surface area contributed by atoms with E-state index in [0.717, 1.165) is 39.2 Å². The van der Waals surface area contributed by atoms with E-state index in [-0.39, 0.29) is 0 Å². The van der Waals surface area contributed by atoms with Crippen LogP contribution in [0.1, 0.15) is 39.5 Å². The van der Waals surface area contributed by atoms with Crippen molar-refractivity contribution in [1.29, 1.82) is 0 Å². The Balaban J connectivity index is 2.07. The summed E-state index contributed by atoms with van der Waals surface area (Å²) in [7, 11) is 0. The molecule has 0 aliphatic carbocycles. The van der Waals surface area contributed by atoms with Crippen molar-refractivity contribution in [1.82, 2.24) is 9.97 Å². The molecule has 0 amide bonds. The molecule has 0 aliphatic heterocycles. The molecule has 1 aromatic heterocycles. The molecule has 2 aromatic carbocycles. The predicted molar refractivity (Wildman–Crippen MR) is 93.5 cm³/mol. The van der Waals surface area contributed by atoms with Crippen LogP contribution in [0.2, 0.25) is 0 Å². The molecule has 0 radical (unpaired) electrons. The highest BCUT2D eigenvalue weighted by Crippen LogP contribution is 2.31. The Bertz CT molecular complexity index is 812. The fourth-order valence-electron chi connectivity index (χ4n) is 3.27. The summed E-state index contributed by atoms with van der Waals surface area (Å²) in [6.07, 6.45) is 2.92. The van der Waals surface area contributed by atoms with Gasteiger partial charge < -0.3 is 10.1 Å². The van der Waals surface area contributed by atoms with Gasteiger partial charge in [0.15, 0.2) is 0 Å². The minimum absolute atomic E-state index is 0.634. The molecule has 3 nitrogen and oxygen atoms in total. The molecule has 0 fully saturated rings. The van der Waals surface area contributed by atoms with E-state index in [1.807, 2.05) is 24.4 Å². The Morgan fingerprint density at radius 1 is 0.957 bits per heavy atom. The summed E-state index contributed by atoms with van der Waals surface area (Å²) in [6, 6.07) is 10.3. The van der Waals surface area contributed by atoms with Gasteiger partial charge in [-0.2, -0.15) is 0 Å². The van der Waals surface area contributed by atoms with Crippen LogP contribution >= 0.6 is 0 Å². The molecule has 0 saturated carbocycles. The number of aliphatic hydroxyl groups is 1. The third-order valence-electron chi connectivity index (χ3n) is 4.34. The number of nitrogens with zero attached hydrogens (tertiary/aromatic N) is 1. The van der Waals surface area contributed by atoms with E-state index < -0.39 is 6.10 Å².